The normalized spacial score (nSPS) is 25.4. The Kier molecular flexibility index (Phi) is 4.66. The molecule has 30 heavy (non-hydrogen) atoms. The zero-order valence-electron chi connectivity index (χ0n) is 17.0. The topological polar surface area (TPSA) is 79.1 Å². The van der Waals surface area contributed by atoms with Crippen LogP contribution in [0, 0.1) is 0 Å². The van der Waals surface area contributed by atoms with Crippen molar-refractivity contribution in [3.63, 3.8) is 0 Å². The largest absolute Gasteiger partial charge is 0.507 e. The molecule has 2 aliphatic heterocycles. The number of halogens is 1. The van der Waals surface area contributed by atoms with Crippen LogP contribution in [0.15, 0.2) is 42.6 Å². The fraction of sp³-hybridized carbons (Fsp3) is 0.409. The molecule has 1 aromatic carbocycles. The number of rotatable bonds is 4. The van der Waals surface area contributed by atoms with E-state index in [0.29, 0.717) is 23.1 Å². The second-order valence-electron chi connectivity index (χ2n) is 8.29. The van der Waals surface area contributed by atoms with Crippen molar-refractivity contribution in [2.75, 3.05) is 11.9 Å². The average Bonchev–Trinajstić information content (AvgIpc) is 3.37. The van der Waals surface area contributed by atoms with Crippen molar-refractivity contribution in [1.82, 2.24) is 25.3 Å². The zero-order chi connectivity index (χ0) is 20.8. The van der Waals surface area contributed by atoms with E-state index >= 15 is 0 Å². The van der Waals surface area contributed by atoms with Crippen LogP contribution in [0.3, 0.4) is 0 Å². The van der Waals surface area contributed by atoms with E-state index in [4.69, 9.17) is 0 Å². The maximum Gasteiger partial charge on any atom is 0.151 e. The van der Waals surface area contributed by atoms with Gasteiger partial charge in [0.15, 0.2) is 5.82 Å². The minimum atomic E-state index is -0.918. The summed E-state index contributed by atoms with van der Waals surface area (Å²) in [6, 6.07) is 11.1. The van der Waals surface area contributed by atoms with Crippen molar-refractivity contribution < 1.29 is 9.50 Å². The van der Waals surface area contributed by atoms with Gasteiger partial charge in [0.05, 0.1) is 17.4 Å². The number of phenolic OH excluding ortho intramolecular Hbond substituents is 1. The Morgan fingerprint density at radius 3 is 2.70 bits per heavy atom. The van der Waals surface area contributed by atoms with Crippen molar-refractivity contribution in [2.24, 2.45) is 7.05 Å². The third-order valence-electron chi connectivity index (χ3n) is 6.35. The van der Waals surface area contributed by atoms with Crippen LogP contribution in [0.25, 0.3) is 22.5 Å². The highest BCUT2D eigenvalue weighted by Gasteiger charge is 2.43. The molecule has 0 amide bonds. The number of aromatic nitrogens is 4. The molecule has 2 aliphatic rings. The van der Waals surface area contributed by atoms with E-state index in [-0.39, 0.29) is 17.8 Å². The fourth-order valence-corrected chi connectivity index (χ4v) is 4.65. The van der Waals surface area contributed by atoms with Gasteiger partial charge < -0.3 is 15.3 Å². The molecule has 2 fully saturated rings. The Morgan fingerprint density at radius 2 is 2.00 bits per heavy atom. The molecule has 2 saturated heterocycles. The van der Waals surface area contributed by atoms with Crippen molar-refractivity contribution in [2.45, 2.75) is 43.6 Å². The SMILES string of the molecule is CN(c1ccc(-c2ccc(-c3ccn(C)n3)cc2O)nn1)[C@H]1CC2CCC(N2)[C@H]1F. The van der Waals surface area contributed by atoms with E-state index in [1.165, 1.54) is 0 Å². The van der Waals surface area contributed by atoms with Crippen LogP contribution in [0.1, 0.15) is 19.3 Å². The van der Waals surface area contributed by atoms with Gasteiger partial charge in [0, 0.05) is 43.5 Å². The Balaban J connectivity index is 1.36. The van der Waals surface area contributed by atoms with Crippen LogP contribution < -0.4 is 10.2 Å². The minimum absolute atomic E-state index is 0.0574. The number of benzene rings is 1. The van der Waals surface area contributed by atoms with Gasteiger partial charge in [0.1, 0.15) is 11.9 Å². The monoisotopic (exact) mass is 408 g/mol. The number of aromatic hydroxyl groups is 1. The molecule has 2 N–H and O–H groups in total. The molecule has 2 bridgehead atoms. The number of nitrogens with one attached hydrogen (secondary N) is 1. The Labute approximate surface area is 174 Å². The first-order chi connectivity index (χ1) is 14.5. The highest BCUT2D eigenvalue weighted by Crippen LogP contribution is 2.34. The molecule has 2 unspecified atom stereocenters. The summed E-state index contributed by atoms with van der Waals surface area (Å²) in [6.45, 7) is 0. The number of hydrogen-bond acceptors (Lipinski definition) is 6. The number of piperidine rings is 1. The molecule has 8 heteroatoms. The number of phenols is 1. The first-order valence-corrected chi connectivity index (χ1v) is 10.3. The Hall–Kier alpha value is -3.00. The smallest absolute Gasteiger partial charge is 0.151 e. The summed E-state index contributed by atoms with van der Waals surface area (Å²) in [6.07, 6.45) is 3.64. The molecule has 4 atom stereocenters. The number of fused-ring (bicyclic) bond motifs is 2. The minimum Gasteiger partial charge on any atom is -0.507 e. The van der Waals surface area contributed by atoms with Gasteiger partial charge in [-0.1, -0.05) is 6.07 Å². The number of aryl methyl sites for hydroxylation is 1. The number of alkyl halides is 1. The first kappa shape index (κ1) is 19.0. The number of anilines is 1. The molecule has 4 heterocycles. The molecule has 0 spiro atoms. The number of hydrogen-bond donors (Lipinski definition) is 2. The van der Waals surface area contributed by atoms with Gasteiger partial charge in [-0.2, -0.15) is 5.10 Å². The summed E-state index contributed by atoms with van der Waals surface area (Å²) < 4.78 is 16.6. The van der Waals surface area contributed by atoms with Gasteiger partial charge in [-0.25, -0.2) is 4.39 Å². The third-order valence-corrected chi connectivity index (χ3v) is 6.35. The maximum atomic E-state index is 14.9. The number of nitrogens with zero attached hydrogens (tertiary/aromatic N) is 5. The standard InChI is InChI=1S/C22H25FN6O/c1-28-10-9-16(27-28)13-3-5-15(20(30)11-13)17-7-8-21(26-25-17)29(2)19-12-14-4-6-18(24-14)22(19)23/h3,5,7-11,14,18-19,22,24,30H,4,6,12H2,1-2H3/t14?,18?,19-,22+/m0/s1. The molecule has 156 valence electrons. The van der Waals surface area contributed by atoms with Gasteiger partial charge in [0.25, 0.3) is 0 Å². The van der Waals surface area contributed by atoms with E-state index in [1.807, 2.05) is 55.5 Å². The molecule has 5 rings (SSSR count). The van der Waals surface area contributed by atoms with Crippen LogP contribution in [0.5, 0.6) is 5.75 Å². The highest BCUT2D eigenvalue weighted by molar-refractivity contribution is 5.73. The van der Waals surface area contributed by atoms with Gasteiger partial charge in [-0.15, -0.1) is 10.2 Å². The van der Waals surface area contributed by atoms with Gasteiger partial charge in [0.2, 0.25) is 0 Å². The van der Waals surface area contributed by atoms with E-state index in [9.17, 15) is 9.50 Å². The summed E-state index contributed by atoms with van der Waals surface area (Å²) >= 11 is 0. The second kappa shape index (κ2) is 7.36. The summed E-state index contributed by atoms with van der Waals surface area (Å²) in [5, 5.41) is 26.9. The van der Waals surface area contributed by atoms with Crippen molar-refractivity contribution >= 4 is 5.82 Å². The quantitative estimate of drug-likeness (QED) is 0.691. The van der Waals surface area contributed by atoms with E-state index < -0.39 is 6.17 Å². The molecule has 3 aromatic rings. The lowest BCUT2D eigenvalue weighted by Gasteiger charge is -2.38. The van der Waals surface area contributed by atoms with Gasteiger partial charge in [-0.3, -0.25) is 4.68 Å². The van der Waals surface area contributed by atoms with Crippen LogP contribution in [0.2, 0.25) is 0 Å². The molecular formula is C22H25FN6O. The molecule has 0 radical (unpaired) electrons. The molecule has 7 nitrogen and oxygen atoms in total. The maximum absolute atomic E-state index is 14.9. The lowest BCUT2D eigenvalue weighted by Crippen LogP contribution is -2.55. The summed E-state index contributed by atoms with van der Waals surface area (Å²) in [4.78, 5) is 1.90. The first-order valence-electron chi connectivity index (χ1n) is 10.3. The second-order valence-corrected chi connectivity index (χ2v) is 8.29. The van der Waals surface area contributed by atoms with E-state index in [2.05, 4.69) is 20.6 Å². The molecular weight excluding hydrogens is 383 g/mol. The van der Waals surface area contributed by atoms with Crippen LogP contribution in [-0.4, -0.2) is 56.4 Å². The van der Waals surface area contributed by atoms with Crippen molar-refractivity contribution in [3.05, 3.63) is 42.6 Å². The van der Waals surface area contributed by atoms with Gasteiger partial charge >= 0.3 is 0 Å². The van der Waals surface area contributed by atoms with Crippen molar-refractivity contribution in [1.29, 1.82) is 0 Å². The zero-order valence-corrected chi connectivity index (χ0v) is 17.0. The predicted octanol–water partition coefficient (Wildman–Crippen LogP) is 2.92. The molecule has 0 saturated carbocycles. The summed E-state index contributed by atoms with van der Waals surface area (Å²) in [7, 11) is 3.73. The van der Waals surface area contributed by atoms with Crippen LogP contribution in [-0.2, 0) is 7.05 Å². The van der Waals surface area contributed by atoms with Crippen LogP contribution >= 0.6 is 0 Å². The van der Waals surface area contributed by atoms with Crippen molar-refractivity contribution in [3.8, 4) is 28.3 Å². The Morgan fingerprint density at radius 1 is 1.13 bits per heavy atom. The lowest BCUT2D eigenvalue weighted by molar-refractivity contribution is 0.176. The Bertz CT molecular complexity index is 1050. The highest BCUT2D eigenvalue weighted by atomic mass is 19.1. The summed E-state index contributed by atoms with van der Waals surface area (Å²) in [5.41, 5.74) is 2.79. The predicted molar refractivity (Wildman–Crippen MR) is 113 cm³/mol. The van der Waals surface area contributed by atoms with E-state index in [1.54, 1.807) is 10.7 Å². The fourth-order valence-electron chi connectivity index (χ4n) is 4.65. The summed E-state index contributed by atoms with van der Waals surface area (Å²) in [5.74, 6) is 0.754. The lowest BCUT2D eigenvalue weighted by atomic mass is 9.96. The average molecular weight is 408 g/mol. The van der Waals surface area contributed by atoms with Crippen LogP contribution in [0.4, 0.5) is 10.2 Å². The molecule has 2 aromatic heterocycles. The van der Waals surface area contributed by atoms with E-state index in [0.717, 1.165) is 30.5 Å². The van der Waals surface area contributed by atoms with Gasteiger partial charge in [-0.05, 0) is 49.6 Å². The third kappa shape index (κ3) is 3.31. The molecule has 0 aliphatic carbocycles.